The predicted octanol–water partition coefficient (Wildman–Crippen LogP) is 2.61. The molecule has 0 bridgehead atoms. The van der Waals surface area contributed by atoms with Crippen molar-refractivity contribution >= 4 is 28.7 Å². The van der Waals surface area contributed by atoms with Crippen LogP contribution in [-0.2, 0) is 35.5 Å². The number of aryl methyl sites for hydroxylation is 3. The van der Waals surface area contributed by atoms with Crippen LogP contribution in [0.2, 0.25) is 0 Å². The number of amides is 2. The smallest absolute Gasteiger partial charge is 0.414 e. The molecule has 0 saturated carbocycles. The van der Waals surface area contributed by atoms with Crippen molar-refractivity contribution < 1.29 is 19.4 Å². The molecular weight excluding hydrogens is 460 g/mol. The second-order valence-corrected chi connectivity index (χ2v) is 9.80. The highest BCUT2D eigenvalue weighted by Crippen LogP contribution is 2.36. The van der Waals surface area contributed by atoms with Gasteiger partial charge in [-0.1, -0.05) is 0 Å². The molecule has 2 aromatic heterocycles. The van der Waals surface area contributed by atoms with E-state index in [1.165, 1.54) is 7.11 Å². The molecule has 1 N–H and O–H groups in total. The molecule has 0 radical (unpaired) electrons. The Balaban J connectivity index is 1.50. The Morgan fingerprint density at radius 2 is 2.00 bits per heavy atom. The van der Waals surface area contributed by atoms with Gasteiger partial charge in [-0.25, -0.2) is 9.78 Å². The Kier molecular flexibility index (Phi) is 6.95. The number of nitrogens with zero attached hydrogens (tertiary/aromatic N) is 6. The first kappa shape index (κ1) is 24.3. The van der Waals surface area contributed by atoms with E-state index in [2.05, 4.69) is 5.10 Å². The van der Waals surface area contributed by atoms with E-state index in [-0.39, 0.29) is 37.1 Å². The molecule has 1 saturated heterocycles. The van der Waals surface area contributed by atoms with Crippen LogP contribution >= 0.6 is 0 Å². The number of ether oxygens (including phenoxy) is 1. The third-order valence-corrected chi connectivity index (χ3v) is 7.61. The Hall–Kier alpha value is -3.40. The van der Waals surface area contributed by atoms with Gasteiger partial charge in [0.2, 0.25) is 5.91 Å². The van der Waals surface area contributed by atoms with Gasteiger partial charge in [-0.3, -0.25) is 14.4 Å². The number of aromatic nitrogens is 4. The summed E-state index contributed by atoms with van der Waals surface area (Å²) in [6.45, 7) is 4.40. The Labute approximate surface area is 210 Å². The standard InChI is InChI=1S/C26H34N6O4/c1-18-4-5-20-21(32(18)26(35)36-2)6-7-22-25(20)28-23(10-15-30-12-3-11-27-30)31(22)16-24(34)29-13-8-19(17-33)9-14-29/h3,6-7,11-12,18-19,33H,4-5,8-10,13-17H2,1-2H3/t18-/m0/s1. The summed E-state index contributed by atoms with van der Waals surface area (Å²) in [4.78, 5) is 34.5. The first-order chi connectivity index (χ1) is 17.5. The number of methoxy groups -OCH3 is 1. The third kappa shape index (κ3) is 4.57. The number of benzene rings is 1. The van der Waals surface area contributed by atoms with E-state index in [0.717, 1.165) is 53.8 Å². The number of likely N-dealkylation sites (tertiary alicyclic amines) is 1. The van der Waals surface area contributed by atoms with Gasteiger partial charge in [0.05, 0.1) is 23.8 Å². The molecule has 10 nitrogen and oxygen atoms in total. The van der Waals surface area contributed by atoms with Crippen molar-refractivity contribution in [2.45, 2.75) is 58.2 Å². The second-order valence-electron chi connectivity index (χ2n) is 9.80. The highest BCUT2D eigenvalue weighted by atomic mass is 16.5. The average molecular weight is 495 g/mol. The van der Waals surface area contributed by atoms with Gasteiger partial charge in [0.1, 0.15) is 12.4 Å². The normalized spacial score (nSPS) is 18.5. The van der Waals surface area contributed by atoms with E-state index < -0.39 is 0 Å². The molecule has 192 valence electrons. The van der Waals surface area contributed by atoms with Gasteiger partial charge in [0, 0.05) is 56.7 Å². The van der Waals surface area contributed by atoms with Crippen molar-refractivity contribution in [2.75, 3.05) is 31.7 Å². The van der Waals surface area contributed by atoms with Crippen LogP contribution in [0.15, 0.2) is 30.6 Å². The van der Waals surface area contributed by atoms with Crippen molar-refractivity contribution in [1.29, 1.82) is 0 Å². The van der Waals surface area contributed by atoms with Gasteiger partial charge in [-0.15, -0.1) is 0 Å². The fraction of sp³-hybridized carbons (Fsp3) is 0.538. The molecular formula is C26H34N6O4. The number of aliphatic hydroxyl groups is 1. The van der Waals surface area contributed by atoms with Crippen LogP contribution in [-0.4, -0.2) is 74.2 Å². The van der Waals surface area contributed by atoms with Gasteiger partial charge in [-0.05, 0) is 56.7 Å². The first-order valence-electron chi connectivity index (χ1n) is 12.7. The van der Waals surface area contributed by atoms with Crippen LogP contribution in [0, 0.1) is 5.92 Å². The van der Waals surface area contributed by atoms with Gasteiger partial charge >= 0.3 is 6.09 Å². The van der Waals surface area contributed by atoms with E-state index in [1.807, 2.05) is 45.5 Å². The lowest BCUT2D eigenvalue weighted by Crippen LogP contribution is -2.42. The minimum atomic E-state index is -0.373. The van der Waals surface area contributed by atoms with Gasteiger partial charge < -0.3 is 19.3 Å². The molecule has 2 aliphatic heterocycles. The summed E-state index contributed by atoms with van der Waals surface area (Å²) < 4.78 is 8.95. The monoisotopic (exact) mass is 494 g/mol. The molecule has 1 aromatic carbocycles. The maximum Gasteiger partial charge on any atom is 0.414 e. The summed E-state index contributed by atoms with van der Waals surface area (Å²) in [6, 6.07) is 5.85. The summed E-state index contributed by atoms with van der Waals surface area (Å²) >= 11 is 0. The number of piperidine rings is 1. The van der Waals surface area contributed by atoms with Gasteiger partial charge in [0.15, 0.2) is 0 Å². The highest BCUT2D eigenvalue weighted by Gasteiger charge is 2.32. The first-order valence-corrected chi connectivity index (χ1v) is 12.7. The fourth-order valence-corrected chi connectivity index (χ4v) is 5.47. The van der Waals surface area contributed by atoms with Crippen LogP contribution < -0.4 is 4.90 Å². The summed E-state index contributed by atoms with van der Waals surface area (Å²) in [5, 5.41) is 13.7. The molecule has 2 amide bonds. The molecule has 10 heteroatoms. The number of hydrogen-bond acceptors (Lipinski definition) is 6. The Morgan fingerprint density at radius 1 is 1.19 bits per heavy atom. The van der Waals surface area contributed by atoms with E-state index in [9.17, 15) is 14.7 Å². The van der Waals surface area contributed by atoms with E-state index >= 15 is 0 Å². The predicted molar refractivity (Wildman–Crippen MR) is 135 cm³/mol. The molecule has 4 heterocycles. The molecule has 1 fully saturated rings. The van der Waals surface area contributed by atoms with Crippen molar-refractivity contribution in [1.82, 2.24) is 24.2 Å². The fourth-order valence-electron chi connectivity index (χ4n) is 5.47. The van der Waals surface area contributed by atoms with Crippen LogP contribution in [0.25, 0.3) is 11.0 Å². The Morgan fingerprint density at radius 3 is 2.69 bits per heavy atom. The number of carbonyl (C=O) groups excluding carboxylic acids is 2. The summed E-state index contributed by atoms with van der Waals surface area (Å²) in [5.74, 6) is 1.17. The number of hydrogen-bond donors (Lipinski definition) is 1. The topological polar surface area (TPSA) is 106 Å². The van der Waals surface area contributed by atoms with Gasteiger partial charge in [0.25, 0.3) is 0 Å². The number of fused-ring (bicyclic) bond motifs is 3. The molecule has 1 atom stereocenters. The number of imidazole rings is 1. The molecule has 0 unspecified atom stereocenters. The summed E-state index contributed by atoms with van der Waals surface area (Å²) in [7, 11) is 1.40. The lowest BCUT2D eigenvalue weighted by atomic mass is 9.96. The number of aliphatic hydroxyl groups excluding tert-OH is 1. The number of rotatable bonds is 6. The zero-order valence-corrected chi connectivity index (χ0v) is 21.0. The Bertz CT molecular complexity index is 1230. The van der Waals surface area contributed by atoms with Crippen LogP contribution in [0.3, 0.4) is 0 Å². The van der Waals surface area contributed by atoms with Crippen molar-refractivity contribution in [3.8, 4) is 0 Å². The van der Waals surface area contributed by atoms with Crippen molar-refractivity contribution in [3.63, 3.8) is 0 Å². The largest absolute Gasteiger partial charge is 0.452 e. The summed E-state index contributed by atoms with van der Waals surface area (Å²) in [6.07, 6.45) is 7.20. The number of carbonyl (C=O) groups is 2. The zero-order chi connectivity index (χ0) is 25.2. The van der Waals surface area contributed by atoms with Gasteiger partial charge in [-0.2, -0.15) is 5.10 Å². The van der Waals surface area contributed by atoms with E-state index in [0.29, 0.717) is 26.1 Å². The third-order valence-electron chi connectivity index (χ3n) is 7.61. The SMILES string of the molecule is COC(=O)N1c2ccc3c(nc(CCn4cccn4)n3CC(=O)N3CCC(CO)CC3)c2CC[C@@H]1C. The minimum absolute atomic E-state index is 0.0344. The highest BCUT2D eigenvalue weighted by molar-refractivity contribution is 5.95. The van der Waals surface area contributed by atoms with E-state index in [1.54, 1.807) is 11.1 Å². The van der Waals surface area contributed by atoms with E-state index in [4.69, 9.17) is 9.72 Å². The van der Waals surface area contributed by atoms with Crippen LogP contribution in [0.5, 0.6) is 0 Å². The molecule has 36 heavy (non-hydrogen) atoms. The average Bonchev–Trinajstić information content (AvgIpc) is 3.55. The number of anilines is 1. The van der Waals surface area contributed by atoms with Crippen molar-refractivity contribution in [3.05, 3.63) is 42.0 Å². The lowest BCUT2D eigenvalue weighted by Gasteiger charge is -2.34. The minimum Gasteiger partial charge on any atom is -0.452 e. The second kappa shape index (κ2) is 10.3. The quantitative estimate of drug-likeness (QED) is 0.565. The molecule has 0 spiro atoms. The summed E-state index contributed by atoms with van der Waals surface area (Å²) in [5.41, 5.74) is 3.60. The molecule has 3 aromatic rings. The maximum absolute atomic E-state index is 13.3. The zero-order valence-electron chi connectivity index (χ0n) is 21.0. The van der Waals surface area contributed by atoms with Crippen LogP contribution in [0.1, 0.15) is 37.6 Å². The molecule has 0 aliphatic carbocycles. The lowest BCUT2D eigenvalue weighted by molar-refractivity contribution is -0.133. The van der Waals surface area contributed by atoms with Crippen LogP contribution in [0.4, 0.5) is 10.5 Å². The maximum atomic E-state index is 13.3. The van der Waals surface area contributed by atoms with Crippen molar-refractivity contribution in [2.24, 2.45) is 5.92 Å². The molecule has 5 rings (SSSR count). The molecule has 2 aliphatic rings.